The minimum Gasteiger partial charge on any atom is -0.446 e. The molecule has 0 aliphatic carbocycles. The van der Waals surface area contributed by atoms with Gasteiger partial charge in [-0.25, -0.2) is 24.9 Å². The second-order valence-corrected chi connectivity index (χ2v) is 24.5. The van der Waals surface area contributed by atoms with E-state index in [2.05, 4.69) is 95.4 Å². The molecule has 0 bridgehead atoms. The average Bonchev–Trinajstić information content (AvgIpc) is 4.62. The van der Waals surface area contributed by atoms with Gasteiger partial charge in [0.25, 0.3) is 0 Å². The number of aromatic nitrogens is 17. The fourth-order valence-electron chi connectivity index (χ4n) is 6.07. The number of hydrogen-bond acceptors (Lipinski definition) is 22. The van der Waals surface area contributed by atoms with Gasteiger partial charge in [0.2, 0.25) is 5.89 Å². The maximum atomic E-state index is 5.10. The van der Waals surface area contributed by atoms with Crippen LogP contribution in [0.25, 0.3) is 0 Å². The van der Waals surface area contributed by atoms with Crippen molar-refractivity contribution in [2.24, 2.45) is 21.1 Å². The van der Waals surface area contributed by atoms with Crippen LogP contribution in [0.1, 0.15) is 178 Å². The zero-order chi connectivity index (χ0) is 68.1. The van der Waals surface area contributed by atoms with Gasteiger partial charge in [-0.15, -0.1) is 34.0 Å². The molecule has 0 aliphatic heterocycles. The molecular formula is C64H107N17O4S4. The molecule has 0 N–H and O–H groups in total. The van der Waals surface area contributed by atoms with Crippen molar-refractivity contribution >= 4 is 45.5 Å². The monoisotopic (exact) mass is 1310 g/mol. The van der Waals surface area contributed by atoms with Crippen LogP contribution in [0.4, 0.5) is 0 Å². The lowest BCUT2D eigenvalue weighted by Crippen LogP contribution is -1.91. The lowest BCUT2D eigenvalue weighted by atomic mass is 10.2. The van der Waals surface area contributed by atoms with Crippen molar-refractivity contribution in [3.63, 3.8) is 0 Å². The van der Waals surface area contributed by atoms with E-state index in [0.29, 0.717) is 11.7 Å². The molecule has 21 nitrogen and oxygen atoms in total. The SMILES string of the molecule is C.CC.CC.Cc1ccn(C)n1.Cc1cnn(C)c1.Cc1nc(C)c(C)o1.Cc1nc(C)c(C)s1.Cc1nc(C)c(C)s1.Cc1nc(C)c(C)s1.Cc1nn(C)nc1C.Cc1noc(C)c1C.Cc1noc(C)c1C.Cc1noc(C)n1.Cc1nsc(C)n1. The van der Waals surface area contributed by atoms with Crippen LogP contribution in [0.2, 0.25) is 0 Å². The fourth-order valence-corrected chi connectivity index (χ4v) is 9.00. The van der Waals surface area contributed by atoms with Crippen LogP contribution in [0.3, 0.4) is 0 Å². The Morgan fingerprint density at radius 2 is 0.820 bits per heavy atom. The first-order valence-corrected chi connectivity index (χ1v) is 32.0. The van der Waals surface area contributed by atoms with Gasteiger partial charge in [0.05, 0.1) is 72.5 Å². The van der Waals surface area contributed by atoms with Gasteiger partial charge in [0.15, 0.2) is 11.7 Å². The van der Waals surface area contributed by atoms with E-state index in [1.54, 1.807) is 62.0 Å². The zero-order valence-electron chi connectivity index (χ0n) is 59.2. The molecule has 11 heterocycles. The van der Waals surface area contributed by atoms with E-state index in [1.807, 2.05) is 219 Å². The highest BCUT2D eigenvalue weighted by Crippen LogP contribution is 2.16. The smallest absolute Gasteiger partial charge is 0.223 e. The normalized spacial score (nSPS) is 9.31. The molecule has 0 aromatic carbocycles. The van der Waals surface area contributed by atoms with Crippen molar-refractivity contribution in [1.82, 2.24) is 84.3 Å². The summed E-state index contributed by atoms with van der Waals surface area (Å²) >= 11 is 6.72. The Hall–Kier alpha value is -7.22. The van der Waals surface area contributed by atoms with Crippen molar-refractivity contribution in [3.05, 3.63) is 168 Å². The van der Waals surface area contributed by atoms with Crippen LogP contribution < -0.4 is 0 Å². The van der Waals surface area contributed by atoms with Crippen LogP contribution >= 0.6 is 45.5 Å². The number of oxazole rings is 1. The van der Waals surface area contributed by atoms with Crippen LogP contribution in [0.15, 0.2) is 42.6 Å². The molecule has 0 unspecified atom stereocenters. The van der Waals surface area contributed by atoms with Gasteiger partial charge < -0.3 is 18.0 Å². The molecule has 0 atom stereocenters. The Kier molecular flexibility index (Phi) is 44.4. The second kappa shape index (κ2) is 45.9. The molecule has 0 amide bonds. The van der Waals surface area contributed by atoms with Crippen LogP contribution in [0, 0.1) is 180 Å². The molecule has 25 heteroatoms. The topological polar surface area (TPSA) is 248 Å². The van der Waals surface area contributed by atoms with E-state index in [0.717, 1.165) is 79.3 Å². The first-order chi connectivity index (χ1) is 41.1. The molecule has 0 spiro atoms. The van der Waals surface area contributed by atoms with Crippen molar-refractivity contribution in [2.45, 2.75) is 215 Å². The summed E-state index contributed by atoms with van der Waals surface area (Å²) in [5.74, 6) is 5.70. The van der Waals surface area contributed by atoms with Gasteiger partial charge in [-0.1, -0.05) is 50.6 Å². The minimum atomic E-state index is 0. The maximum absolute atomic E-state index is 5.10. The summed E-state index contributed by atoms with van der Waals surface area (Å²) in [5.41, 5.74) is 13.1. The van der Waals surface area contributed by atoms with E-state index in [-0.39, 0.29) is 7.43 Å². The third-order valence-corrected chi connectivity index (χ3v) is 15.1. The first-order valence-electron chi connectivity index (χ1n) is 28.8. The van der Waals surface area contributed by atoms with E-state index in [4.69, 9.17) is 13.5 Å². The molecule has 0 fully saturated rings. The summed E-state index contributed by atoms with van der Waals surface area (Å²) in [6.07, 6.45) is 5.73. The Labute approximate surface area is 548 Å². The van der Waals surface area contributed by atoms with Gasteiger partial charge in [-0.3, -0.25) is 9.36 Å². The molecule has 496 valence electrons. The number of hydrogen-bond donors (Lipinski definition) is 0. The highest BCUT2D eigenvalue weighted by Gasteiger charge is 2.02. The zero-order valence-corrected chi connectivity index (χ0v) is 62.4. The van der Waals surface area contributed by atoms with Gasteiger partial charge in [-0.2, -0.15) is 34.5 Å². The summed E-state index contributed by atoms with van der Waals surface area (Å²) in [7, 11) is 5.64. The van der Waals surface area contributed by atoms with Crippen LogP contribution in [-0.2, 0) is 21.1 Å². The standard InChI is InChI=1S/3C6H9NO.3C6H9NS.C5H9N3.2C5H8N2.C4H6N2O.C4H6N2S.2C2H6.CH4/c1-4-5(2)8-6(3)7-4;2*1-4-5(2)7-8-6(4)3;3*1-4-5(2)8-6(3)7-4;1-4-5(2)7-8(3)6-4;1-5-3-6-7(2)4-5;1-5-3-4-7(2)6-5;2*1-3-5-4(2)7-6-3;2*1-2;/h7*1-3H3;2*3-4H,1-2H3;2*1-2H3;2*1-2H3;1H4. The van der Waals surface area contributed by atoms with E-state index in [1.165, 1.54) is 63.8 Å². The highest BCUT2D eigenvalue weighted by molar-refractivity contribution is 7.12. The Morgan fingerprint density at radius 3 is 0.910 bits per heavy atom. The molecule has 11 aromatic heterocycles. The van der Waals surface area contributed by atoms with Crippen molar-refractivity contribution in [3.8, 4) is 0 Å². The van der Waals surface area contributed by atoms with E-state index >= 15 is 0 Å². The van der Waals surface area contributed by atoms with Gasteiger partial charge >= 0.3 is 0 Å². The average molecular weight is 1310 g/mol. The molecular weight excluding hydrogens is 1200 g/mol. The van der Waals surface area contributed by atoms with Crippen molar-refractivity contribution in [1.29, 1.82) is 0 Å². The number of thiazole rings is 3. The largest absolute Gasteiger partial charge is 0.446 e. The quantitative estimate of drug-likeness (QED) is 0.137. The summed E-state index contributed by atoms with van der Waals surface area (Å²) in [6, 6.07) is 1.97. The Morgan fingerprint density at radius 1 is 0.393 bits per heavy atom. The van der Waals surface area contributed by atoms with Gasteiger partial charge in [-0.05, 0) is 189 Å². The lowest BCUT2D eigenvalue weighted by Gasteiger charge is -1.80. The fraction of sp³-hybridized carbons (Fsp3) is 0.531. The van der Waals surface area contributed by atoms with E-state index in [9.17, 15) is 0 Å². The molecule has 11 aromatic rings. The Balaban J connectivity index is -0.000000908. The Bertz CT molecular complexity index is 2920. The summed E-state index contributed by atoms with van der Waals surface area (Å²) < 4.78 is 26.9. The predicted molar refractivity (Wildman–Crippen MR) is 370 cm³/mol. The summed E-state index contributed by atoms with van der Waals surface area (Å²) in [5, 5.41) is 31.5. The third kappa shape index (κ3) is 38.1. The highest BCUT2D eigenvalue weighted by atomic mass is 32.1. The molecule has 0 saturated carbocycles. The molecule has 0 aliphatic rings. The van der Waals surface area contributed by atoms with Crippen LogP contribution in [0.5, 0.6) is 0 Å². The lowest BCUT2D eigenvalue weighted by molar-refractivity contribution is 0.389. The first kappa shape index (κ1) is 86.0. The van der Waals surface area contributed by atoms with E-state index < -0.39 is 0 Å². The summed E-state index contributed by atoms with van der Waals surface area (Å²) in [6.45, 7) is 59.2. The third-order valence-electron chi connectivity index (χ3n) is 11.4. The number of nitrogens with zero attached hydrogens (tertiary/aromatic N) is 17. The summed E-state index contributed by atoms with van der Waals surface area (Å²) in [4.78, 5) is 30.2. The molecule has 11 rings (SSSR count). The second-order valence-electron chi connectivity index (χ2n) is 19.3. The molecule has 89 heavy (non-hydrogen) atoms. The van der Waals surface area contributed by atoms with Crippen molar-refractivity contribution < 1.29 is 18.0 Å². The van der Waals surface area contributed by atoms with Gasteiger partial charge in [0, 0.05) is 73.1 Å². The van der Waals surface area contributed by atoms with Crippen LogP contribution in [-0.4, -0.2) is 84.3 Å². The van der Waals surface area contributed by atoms with Gasteiger partial charge in [0.1, 0.15) is 28.1 Å². The number of rotatable bonds is 0. The predicted octanol–water partition coefficient (Wildman–Crippen LogP) is 17.4. The molecule has 0 saturated heterocycles. The minimum absolute atomic E-state index is 0. The number of aryl methyl sites for hydroxylation is 27. The molecule has 0 radical (unpaired) electrons. The van der Waals surface area contributed by atoms with Crippen molar-refractivity contribution in [2.75, 3.05) is 0 Å². The maximum Gasteiger partial charge on any atom is 0.223 e.